The van der Waals surface area contributed by atoms with E-state index < -0.39 is 48.8 Å². The Hall–Kier alpha value is -0.273. The fourth-order valence-electron chi connectivity index (χ4n) is 1.89. The highest BCUT2D eigenvalue weighted by Crippen LogP contribution is 2.43. The Balaban J connectivity index is 5.77. The van der Waals surface area contributed by atoms with Crippen LogP contribution >= 0.6 is 11.6 Å². The maximum Gasteiger partial charge on any atom is 0.413 e. The van der Waals surface area contributed by atoms with Gasteiger partial charge < -0.3 is 10.2 Å². The molecule has 22 heavy (non-hydrogen) atoms. The van der Waals surface area contributed by atoms with Crippen LogP contribution in [0.3, 0.4) is 0 Å². The first kappa shape index (κ1) is 21.7. The molecule has 3 unspecified atom stereocenters. The van der Waals surface area contributed by atoms with Crippen LogP contribution in [0.4, 0.5) is 13.2 Å². The van der Waals surface area contributed by atoms with Gasteiger partial charge in [0.15, 0.2) is 8.32 Å². The molecule has 132 valence electrons. The normalized spacial score (nSPS) is 18.2. The standard InChI is InChI=1S/C14H27ClF3NO2Si/c1-8(2)9(10(15)12(19)20)11(14(16,17)18)21-22(6,7)13(3,4)5/h8-11H,1-7H3,(H2,19,20). The summed E-state index contributed by atoms with van der Waals surface area (Å²) >= 11 is 5.88. The van der Waals surface area contributed by atoms with E-state index in [-0.39, 0.29) is 0 Å². The van der Waals surface area contributed by atoms with Crippen LogP contribution in [0.5, 0.6) is 0 Å². The second-order valence-electron chi connectivity index (χ2n) is 7.47. The predicted molar refractivity (Wildman–Crippen MR) is 85.3 cm³/mol. The van der Waals surface area contributed by atoms with Crippen molar-refractivity contribution in [3.8, 4) is 0 Å². The first-order valence-corrected chi connectivity index (χ1v) is 10.5. The van der Waals surface area contributed by atoms with Gasteiger partial charge in [-0.05, 0) is 24.1 Å². The van der Waals surface area contributed by atoms with Crippen molar-refractivity contribution in [3.05, 3.63) is 0 Å². The van der Waals surface area contributed by atoms with Crippen molar-refractivity contribution in [1.82, 2.24) is 0 Å². The van der Waals surface area contributed by atoms with E-state index >= 15 is 0 Å². The number of carbonyl (C=O) groups is 1. The Kier molecular flexibility index (Phi) is 7.00. The molecular formula is C14H27ClF3NO2Si. The van der Waals surface area contributed by atoms with Gasteiger partial charge in [-0.3, -0.25) is 4.79 Å². The molecule has 0 rings (SSSR count). The van der Waals surface area contributed by atoms with Gasteiger partial charge in [-0.1, -0.05) is 34.6 Å². The Labute approximate surface area is 136 Å². The molecule has 0 aromatic rings. The van der Waals surface area contributed by atoms with E-state index in [1.807, 2.05) is 20.8 Å². The second kappa shape index (κ2) is 7.09. The highest BCUT2D eigenvalue weighted by atomic mass is 35.5. The molecular weight excluding hydrogens is 335 g/mol. The van der Waals surface area contributed by atoms with E-state index in [0.29, 0.717) is 0 Å². The minimum Gasteiger partial charge on any atom is -0.405 e. The molecule has 0 fully saturated rings. The lowest BCUT2D eigenvalue weighted by atomic mass is 9.86. The molecule has 8 heteroatoms. The second-order valence-corrected chi connectivity index (χ2v) is 12.7. The molecule has 0 aliphatic heterocycles. The first-order valence-electron chi connectivity index (χ1n) is 7.20. The molecule has 0 spiro atoms. The van der Waals surface area contributed by atoms with Gasteiger partial charge in [-0.2, -0.15) is 13.2 Å². The van der Waals surface area contributed by atoms with Crippen molar-refractivity contribution in [2.75, 3.05) is 0 Å². The lowest BCUT2D eigenvalue weighted by molar-refractivity contribution is -0.217. The van der Waals surface area contributed by atoms with E-state index in [9.17, 15) is 18.0 Å². The molecule has 0 heterocycles. The molecule has 0 saturated carbocycles. The summed E-state index contributed by atoms with van der Waals surface area (Å²) in [4.78, 5) is 11.3. The molecule has 0 aromatic carbocycles. The van der Waals surface area contributed by atoms with Crippen molar-refractivity contribution in [1.29, 1.82) is 0 Å². The van der Waals surface area contributed by atoms with Crippen molar-refractivity contribution in [2.45, 2.75) is 70.4 Å². The summed E-state index contributed by atoms with van der Waals surface area (Å²) in [5.41, 5.74) is 5.12. The molecule has 0 aliphatic carbocycles. The number of nitrogens with two attached hydrogens (primary N) is 1. The Morgan fingerprint density at radius 2 is 1.59 bits per heavy atom. The summed E-state index contributed by atoms with van der Waals surface area (Å²) in [6.07, 6.45) is -6.73. The Morgan fingerprint density at radius 3 is 1.82 bits per heavy atom. The van der Waals surface area contributed by atoms with Crippen molar-refractivity contribution in [2.24, 2.45) is 17.6 Å². The zero-order valence-electron chi connectivity index (χ0n) is 14.2. The summed E-state index contributed by atoms with van der Waals surface area (Å²) in [6.45, 7) is 12.2. The lowest BCUT2D eigenvalue weighted by Crippen LogP contribution is -2.55. The first-order chi connectivity index (χ1) is 9.52. The van der Waals surface area contributed by atoms with Crippen molar-refractivity contribution < 1.29 is 22.4 Å². The van der Waals surface area contributed by atoms with Crippen molar-refractivity contribution >= 4 is 25.8 Å². The maximum atomic E-state index is 13.6. The van der Waals surface area contributed by atoms with Crippen LogP contribution in [0, 0.1) is 11.8 Å². The molecule has 0 saturated heterocycles. The third kappa shape index (κ3) is 5.42. The van der Waals surface area contributed by atoms with Gasteiger partial charge in [0.1, 0.15) is 11.5 Å². The van der Waals surface area contributed by atoms with Crippen LogP contribution in [0.15, 0.2) is 0 Å². The molecule has 0 aliphatic rings. The predicted octanol–water partition coefficient (Wildman–Crippen LogP) is 4.30. The smallest absolute Gasteiger partial charge is 0.405 e. The Morgan fingerprint density at radius 1 is 1.18 bits per heavy atom. The van der Waals surface area contributed by atoms with Crippen LogP contribution in [0.2, 0.25) is 18.1 Å². The average Bonchev–Trinajstić information content (AvgIpc) is 2.23. The molecule has 1 amide bonds. The summed E-state index contributed by atoms with van der Waals surface area (Å²) in [5, 5.41) is -1.83. The van der Waals surface area contributed by atoms with Crippen LogP contribution in [-0.4, -0.2) is 31.9 Å². The van der Waals surface area contributed by atoms with Crippen LogP contribution < -0.4 is 5.73 Å². The zero-order chi connectivity index (χ0) is 18.1. The van der Waals surface area contributed by atoms with E-state index in [1.165, 1.54) is 0 Å². The SMILES string of the molecule is CC(C)C(C(Cl)C(N)=O)C(O[Si](C)(C)C(C)(C)C)C(F)(F)F. The average molecular weight is 362 g/mol. The number of amides is 1. The van der Waals surface area contributed by atoms with Crippen LogP contribution in [0.25, 0.3) is 0 Å². The third-order valence-corrected chi connectivity index (χ3v) is 9.24. The summed E-state index contributed by atoms with van der Waals surface area (Å²) < 4.78 is 46.3. The van der Waals surface area contributed by atoms with E-state index in [4.69, 9.17) is 21.8 Å². The van der Waals surface area contributed by atoms with E-state index in [1.54, 1.807) is 26.9 Å². The summed E-state index contributed by atoms with van der Waals surface area (Å²) in [5.74, 6) is -2.70. The molecule has 0 aromatic heterocycles. The fraction of sp³-hybridized carbons (Fsp3) is 0.929. The number of alkyl halides is 4. The molecule has 0 radical (unpaired) electrons. The quantitative estimate of drug-likeness (QED) is 0.566. The molecule has 3 atom stereocenters. The van der Waals surface area contributed by atoms with Gasteiger partial charge in [0.25, 0.3) is 0 Å². The number of rotatable bonds is 6. The number of carbonyl (C=O) groups excluding carboxylic acids is 1. The van der Waals surface area contributed by atoms with Gasteiger partial charge in [0, 0.05) is 5.92 Å². The number of hydrogen-bond donors (Lipinski definition) is 1. The van der Waals surface area contributed by atoms with Crippen molar-refractivity contribution in [3.63, 3.8) is 0 Å². The number of hydrogen-bond acceptors (Lipinski definition) is 2. The summed E-state index contributed by atoms with van der Waals surface area (Å²) in [6, 6.07) is 0. The molecule has 2 N–H and O–H groups in total. The minimum atomic E-state index is -4.62. The molecule has 0 bridgehead atoms. The maximum absolute atomic E-state index is 13.6. The zero-order valence-corrected chi connectivity index (χ0v) is 16.0. The van der Waals surface area contributed by atoms with Crippen LogP contribution in [0.1, 0.15) is 34.6 Å². The molecule has 3 nitrogen and oxygen atoms in total. The van der Waals surface area contributed by atoms with Gasteiger partial charge in [-0.25, -0.2) is 0 Å². The lowest BCUT2D eigenvalue weighted by Gasteiger charge is -2.43. The van der Waals surface area contributed by atoms with Gasteiger partial charge in [-0.15, -0.1) is 11.6 Å². The highest BCUT2D eigenvalue weighted by molar-refractivity contribution is 6.74. The van der Waals surface area contributed by atoms with E-state index in [2.05, 4.69) is 0 Å². The van der Waals surface area contributed by atoms with E-state index in [0.717, 1.165) is 0 Å². The summed E-state index contributed by atoms with van der Waals surface area (Å²) in [7, 11) is -2.70. The van der Waals surface area contributed by atoms with Gasteiger partial charge in [0.2, 0.25) is 5.91 Å². The largest absolute Gasteiger partial charge is 0.413 e. The van der Waals surface area contributed by atoms with Crippen LogP contribution in [-0.2, 0) is 9.22 Å². The number of halogens is 4. The van der Waals surface area contributed by atoms with Gasteiger partial charge >= 0.3 is 6.18 Å². The van der Waals surface area contributed by atoms with Gasteiger partial charge in [0.05, 0.1) is 0 Å². The third-order valence-electron chi connectivity index (χ3n) is 4.28. The topological polar surface area (TPSA) is 52.3 Å². The monoisotopic (exact) mass is 361 g/mol. The highest BCUT2D eigenvalue weighted by Gasteiger charge is 2.54. The Bertz CT molecular complexity index is 395. The fourth-order valence-corrected chi connectivity index (χ4v) is 3.59. The minimum absolute atomic E-state index is 0.396. The number of primary amides is 1.